The summed E-state index contributed by atoms with van der Waals surface area (Å²) >= 11 is 0. The summed E-state index contributed by atoms with van der Waals surface area (Å²) in [4.78, 5) is 15.0. The molecule has 0 aliphatic heterocycles. The van der Waals surface area contributed by atoms with Crippen molar-refractivity contribution in [2.45, 2.75) is 13.0 Å². The first kappa shape index (κ1) is 13.2. The molecule has 1 amide bonds. The molecule has 0 saturated carbocycles. The Hall–Kier alpha value is -2.83. The molecule has 2 aromatic heterocycles. The minimum atomic E-state index is -0.111. The molecule has 108 valence electrons. The third kappa shape index (κ3) is 3.02. The molecule has 1 aromatic carbocycles. The van der Waals surface area contributed by atoms with Crippen LogP contribution in [0.25, 0.3) is 10.9 Å². The fraction of sp³-hybridized carbons (Fsp3) is 0.214. The molecule has 0 atom stereocenters. The number of nitrogen functional groups attached to an aromatic ring is 1. The van der Waals surface area contributed by atoms with Gasteiger partial charge in [-0.25, -0.2) is 4.68 Å². The molecule has 0 aliphatic rings. The zero-order chi connectivity index (χ0) is 14.7. The summed E-state index contributed by atoms with van der Waals surface area (Å²) in [5, 5.41) is 11.4. The second-order valence-electron chi connectivity index (χ2n) is 4.80. The van der Waals surface area contributed by atoms with Crippen molar-refractivity contribution in [3.05, 3.63) is 42.2 Å². The molecule has 0 radical (unpaired) electrons. The van der Waals surface area contributed by atoms with Gasteiger partial charge in [-0.15, -0.1) is 5.10 Å². The minimum absolute atomic E-state index is 0.111. The van der Waals surface area contributed by atoms with Crippen LogP contribution in [0.1, 0.15) is 5.56 Å². The standard InChI is InChI=1S/C14H16N6O/c15-13-8-20(19-18-13)9-14(21)16-6-5-10-7-17-12-4-2-1-3-11(10)12/h1-4,7-8,17H,5-6,9,15H2,(H,16,21). The number of nitrogens with zero attached hydrogens (tertiary/aromatic N) is 3. The second kappa shape index (κ2) is 5.66. The molecule has 0 spiro atoms. The monoisotopic (exact) mass is 284 g/mol. The third-order valence-electron chi connectivity index (χ3n) is 3.25. The smallest absolute Gasteiger partial charge is 0.241 e. The summed E-state index contributed by atoms with van der Waals surface area (Å²) in [5.41, 5.74) is 7.74. The van der Waals surface area contributed by atoms with Crippen LogP contribution in [-0.4, -0.2) is 32.4 Å². The molecule has 0 bridgehead atoms. The third-order valence-corrected chi connectivity index (χ3v) is 3.25. The van der Waals surface area contributed by atoms with Crippen LogP contribution in [0, 0.1) is 0 Å². The van der Waals surface area contributed by atoms with Crippen LogP contribution < -0.4 is 11.1 Å². The Kier molecular flexibility index (Phi) is 3.55. The Balaban J connectivity index is 1.53. The van der Waals surface area contributed by atoms with E-state index in [0.29, 0.717) is 12.4 Å². The molecule has 21 heavy (non-hydrogen) atoms. The maximum absolute atomic E-state index is 11.8. The fourth-order valence-electron chi connectivity index (χ4n) is 2.27. The van der Waals surface area contributed by atoms with E-state index in [1.165, 1.54) is 21.8 Å². The van der Waals surface area contributed by atoms with Gasteiger partial charge in [-0.1, -0.05) is 23.4 Å². The van der Waals surface area contributed by atoms with Gasteiger partial charge in [-0.05, 0) is 18.1 Å². The molecule has 3 aromatic rings. The lowest BCUT2D eigenvalue weighted by molar-refractivity contribution is -0.121. The number of nitrogens with one attached hydrogen (secondary N) is 2. The van der Waals surface area contributed by atoms with E-state index in [9.17, 15) is 4.79 Å². The molecule has 7 nitrogen and oxygen atoms in total. The highest BCUT2D eigenvalue weighted by molar-refractivity contribution is 5.83. The highest BCUT2D eigenvalue weighted by Gasteiger charge is 2.06. The van der Waals surface area contributed by atoms with Crippen LogP contribution in [-0.2, 0) is 17.8 Å². The summed E-state index contributed by atoms with van der Waals surface area (Å²) in [7, 11) is 0. The van der Waals surface area contributed by atoms with E-state index in [2.05, 4.69) is 26.7 Å². The number of aromatic nitrogens is 4. The predicted octanol–water partition coefficient (Wildman–Crippen LogP) is 0.700. The molecule has 0 aliphatic carbocycles. The van der Waals surface area contributed by atoms with Crippen molar-refractivity contribution < 1.29 is 4.79 Å². The zero-order valence-corrected chi connectivity index (χ0v) is 11.4. The summed E-state index contributed by atoms with van der Waals surface area (Å²) in [6.07, 6.45) is 4.28. The highest BCUT2D eigenvalue weighted by atomic mass is 16.2. The lowest BCUT2D eigenvalue weighted by Crippen LogP contribution is -2.29. The van der Waals surface area contributed by atoms with Gasteiger partial charge in [0.25, 0.3) is 0 Å². The summed E-state index contributed by atoms with van der Waals surface area (Å²) in [6, 6.07) is 8.11. The number of hydrogen-bond acceptors (Lipinski definition) is 4. The van der Waals surface area contributed by atoms with E-state index in [0.717, 1.165) is 11.9 Å². The van der Waals surface area contributed by atoms with Crippen LogP contribution in [0.2, 0.25) is 0 Å². The van der Waals surface area contributed by atoms with E-state index in [1.54, 1.807) is 0 Å². The van der Waals surface area contributed by atoms with Crippen LogP contribution >= 0.6 is 0 Å². The molecular formula is C14H16N6O. The van der Waals surface area contributed by atoms with Crippen molar-refractivity contribution >= 4 is 22.6 Å². The Bertz CT molecular complexity index is 760. The zero-order valence-electron chi connectivity index (χ0n) is 11.4. The number of benzene rings is 1. The van der Waals surface area contributed by atoms with Crippen LogP contribution in [0.4, 0.5) is 5.82 Å². The molecule has 0 saturated heterocycles. The Morgan fingerprint density at radius 3 is 3.05 bits per heavy atom. The summed E-state index contributed by atoms with van der Waals surface area (Å²) < 4.78 is 1.41. The van der Waals surface area contributed by atoms with E-state index < -0.39 is 0 Å². The lowest BCUT2D eigenvalue weighted by Gasteiger charge is -2.04. The van der Waals surface area contributed by atoms with Crippen molar-refractivity contribution in [1.82, 2.24) is 25.3 Å². The number of H-pyrrole nitrogens is 1. The number of nitrogens with two attached hydrogens (primary N) is 1. The maximum atomic E-state index is 11.8. The summed E-state index contributed by atoms with van der Waals surface area (Å²) in [6.45, 7) is 0.697. The van der Waals surface area contributed by atoms with Crippen LogP contribution in [0.15, 0.2) is 36.7 Å². The quantitative estimate of drug-likeness (QED) is 0.642. The first-order valence-corrected chi connectivity index (χ1v) is 6.69. The van der Waals surface area contributed by atoms with Crippen LogP contribution in [0.3, 0.4) is 0 Å². The number of carbonyl (C=O) groups is 1. The van der Waals surface area contributed by atoms with Gasteiger partial charge in [-0.3, -0.25) is 4.79 Å². The number of para-hydroxylation sites is 1. The molecule has 3 rings (SSSR count). The van der Waals surface area contributed by atoms with Crippen LogP contribution in [0.5, 0.6) is 0 Å². The second-order valence-corrected chi connectivity index (χ2v) is 4.80. The van der Waals surface area contributed by atoms with Crippen molar-refractivity contribution in [2.75, 3.05) is 12.3 Å². The number of rotatable bonds is 5. The number of hydrogen-bond donors (Lipinski definition) is 3. The largest absolute Gasteiger partial charge is 0.381 e. The van der Waals surface area contributed by atoms with Gasteiger partial charge < -0.3 is 16.0 Å². The van der Waals surface area contributed by atoms with E-state index in [1.807, 2.05) is 24.4 Å². The van der Waals surface area contributed by atoms with E-state index >= 15 is 0 Å². The first-order valence-electron chi connectivity index (χ1n) is 6.69. The molecule has 2 heterocycles. The molecule has 0 fully saturated rings. The predicted molar refractivity (Wildman–Crippen MR) is 79.4 cm³/mol. The number of amides is 1. The molecule has 0 unspecified atom stereocenters. The topological polar surface area (TPSA) is 102 Å². The van der Waals surface area contributed by atoms with Gasteiger partial charge in [0, 0.05) is 23.6 Å². The Morgan fingerprint density at radius 2 is 2.24 bits per heavy atom. The van der Waals surface area contributed by atoms with Crippen molar-refractivity contribution in [2.24, 2.45) is 0 Å². The van der Waals surface area contributed by atoms with E-state index in [4.69, 9.17) is 5.73 Å². The van der Waals surface area contributed by atoms with Gasteiger partial charge in [0.15, 0.2) is 5.82 Å². The Labute approximate surface area is 121 Å². The normalized spacial score (nSPS) is 10.9. The number of fused-ring (bicyclic) bond motifs is 1. The van der Waals surface area contributed by atoms with Crippen molar-refractivity contribution in [3.8, 4) is 0 Å². The molecular weight excluding hydrogens is 268 g/mol. The first-order chi connectivity index (χ1) is 10.2. The van der Waals surface area contributed by atoms with Gasteiger partial charge in [-0.2, -0.15) is 0 Å². The molecule has 4 N–H and O–H groups in total. The van der Waals surface area contributed by atoms with E-state index in [-0.39, 0.29) is 12.5 Å². The van der Waals surface area contributed by atoms with Gasteiger partial charge in [0.1, 0.15) is 6.54 Å². The Morgan fingerprint density at radius 1 is 1.38 bits per heavy atom. The number of anilines is 1. The van der Waals surface area contributed by atoms with Gasteiger partial charge >= 0.3 is 0 Å². The average Bonchev–Trinajstić information content (AvgIpc) is 3.06. The van der Waals surface area contributed by atoms with Gasteiger partial charge in [0.05, 0.1) is 6.20 Å². The summed E-state index contributed by atoms with van der Waals surface area (Å²) in [5.74, 6) is 0.196. The van der Waals surface area contributed by atoms with Crippen molar-refractivity contribution in [3.63, 3.8) is 0 Å². The average molecular weight is 284 g/mol. The highest BCUT2D eigenvalue weighted by Crippen LogP contribution is 2.17. The van der Waals surface area contributed by atoms with Crippen molar-refractivity contribution in [1.29, 1.82) is 0 Å². The number of aromatic amines is 1. The maximum Gasteiger partial charge on any atom is 0.241 e. The SMILES string of the molecule is Nc1cn(CC(=O)NCCc2c[nH]c3ccccc23)nn1. The fourth-order valence-corrected chi connectivity index (χ4v) is 2.27. The lowest BCUT2D eigenvalue weighted by atomic mass is 10.1. The molecule has 7 heteroatoms. The minimum Gasteiger partial charge on any atom is -0.381 e. The number of carbonyl (C=O) groups excluding carboxylic acids is 1. The van der Waals surface area contributed by atoms with Gasteiger partial charge in [0.2, 0.25) is 5.91 Å².